The molecule has 1 aromatic rings. The van der Waals surface area contributed by atoms with Crippen molar-refractivity contribution in [1.82, 2.24) is 10.2 Å². The molecule has 0 saturated carbocycles. The molecule has 114 valence electrons. The van der Waals surface area contributed by atoms with Crippen molar-refractivity contribution in [1.29, 1.82) is 0 Å². The average Bonchev–Trinajstić information content (AvgIpc) is 2.49. The molecule has 0 radical (unpaired) electrons. The highest BCUT2D eigenvalue weighted by molar-refractivity contribution is 5.14. The van der Waals surface area contributed by atoms with Gasteiger partial charge in [0.05, 0.1) is 6.61 Å². The fourth-order valence-corrected chi connectivity index (χ4v) is 2.05. The molecular weight excluding hydrogens is 252 g/mol. The molecule has 1 aromatic carbocycles. The molecule has 20 heavy (non-hydrogen) atoms. The first kappa shape index (κ1) is 17.1. The summed E-state index contributed by atoms with van der Waals surface area (Å²) in [6, 6.07) is 10.5. The fourth-order valence-electron chi connectivity index (χ4n) is 2.05. The van der Waals surface area contributed by atoms with E-state index < -0.39 is 0 Å². The van der Waals surface area contributed by atoms with Crippen LogP contribution in [0.1, 0.15) is 12.0 Å². The summed E-state index contributed by atoms with van der Waals surface area (Å²) in [5.41, 5.74) is 1.33. The van der Waals surface area contributed by atoms with Crippen molar-refractivity contribution in [3.8, 4) is 0 Å². The Bertz CT molecular complexity index is 320. The monoisotopic (exact) mass is 280 g/mol. The van der Waals surface area contributed by atoms with Gasteiger partial charge in [-0.1, -0.05) is 30.3 Å². The topological polar surface area (TPSA) is 33.7 Å². The number of hydrogen-bond donors (Lipinski definition) is 1. The molecule has 1 N–H and O–H groups in total. The molecule has 0 aliphatic carbocycles. The zero-order chi connectivity index (χ0) is 14.5. The lowest BCUT2D eigenvalue weighted by Gasteiger charge is -2.22. The largest absolute Gasteiger partial charge is 0.385 e. The Morgan fingerprint density at radius 1 is 0.950 bits per heavy atom. The van der Waals surface area contributed by atoms with E-state index in [2.05, 4.69) is 34.5 Å². The van der Waals surface area contributed by atoms with Gasteiger partial charge >= 0.3 is 0 Å². The number of nitrogens with one attached hydrogen (secondary N) is 1. The van der Waals surface area contributed by atoms with Gasteiger partial charge < -0.3 is 14.8 Å². The van der Waals surface area contributed by atoms with Crippen LogP contribution in [0.4, 0.5) is 0 Å². The van der Waals surface area contributed by atoms with Crippen LogP contribution >= 0.6 is 0 Å². The minimum atomic E-state index is 0.783. The Kier molecular flexibility index (Phi) is 10.1. The molecule has 0 spiro atoms. The van der Waals surface area contributed by atoms with E-state index in [1.54, 1.807) is 14.2 Å². The Morgan fingerprint density at radius 2 is 1.70 bits per heavy atom. The summed E-state index contributed by atoms with van der Waals surface area (Å²) >= 11 is 0. The van der Waals surface area contributed by atoms with Crippen molar-refractivity contribution in [2.75, 3.05) is 53.6 Å². The van der Waals surface area contributed by atoms with E-state index in [4.69, 9.17) is 9.47 Å². The van der Waals surface area contributed by atoms with Crippen molar-refractivity contribution in [3.05, 3.63) is 35.9 Å². The maximum atomic E-state index is 5.16. The Labute approximate surface area is 123 Å². The van der Waals surface area contributed by atoms with Gasteiger partial charge in [0.2, 0.25) is 0 Å². The van der Waals surface area contributed by atoms with E-state index in [1.165, 1.54) is 5.56 Å². The van der Waals surface area contributed by atoms with Crippen molar-refractivity contribution in [3.63, 3.8) is 0 Å². The number of hydrogen-bond acceptors (Lipinski definition) is 4. The van der Waals surface area contributed by atoms with Crippen LogP contribution < -0.4 is 5.32 Å². The standard InChI is InChI=1S/C16H28N2O2/c1-19-13-6-10-18(12-14-20-2)11-9-17-15-16-7-4-3-5-8-16/h3-5,7-8,17H,6,9-15H2,1-2H3. The summed E-state index contributed by atoms with van der Waals surface area (Å²) in [6.45, 7) is 6.60. The molecule has 0 aliphatic rings. The maximum Gasteiger partial charge on any atom is 0.0589 e. The summed E-state index contributed by atoms with van der Waals surface area (Å²) in [4.78, 5) is 2.42. The molecule has 4 nitrogen and oxygen atoms in total. The van der Waals surface area contributed by atoms with E-state index >= 15 is 0 Å². The molecule has 4 heteroatoms. The summed E-state index contributed by atoms with van der Waals surface area (Å²) in [7, 11) is 3.50. The highest BCUT2D eigenvalue weighted by Crippen LogP contribution is 1.97. The second-order valence-electron chi connectivity index (χ2n) is 4.84. The zero-order valence-corrected chi connectivity index (χ0v) is 12.8. The fraction of sp³-hybridized carbons (Fsp3) is 0.625. The first-order valence-corrected chi connectivity index (χ1v) is 7.31. The second-order valence-corrected chi connectivity index (χ2v) is 4.84. The number of ether oxygens (including phenoxy) is 2. The summed E-state index contributed by atoms with van der Waals surface area (Å²) < 4.78 is 10.3. The second kappa shape index (κ2) is 11.9. The van der Waals surface area contributed by atoms with Gasteiger partial charge in [0.15, 0.2) is 0 Å². The van der Waals surface area contributed by atoms with Crippen LogP contribution in [0.3, 0.4) is 0 Å². The van der Waals surface area contributed by atoms with Crippen molar-refractivity contribution < 1.29 is 9.47 Å². The van der Waals surface area contributed by atoms with Gasteiger partial charge in [-0.15, -0.1) is 0 Å². The van der Waals surface area contributed by atoms with Gasteiger partial charge in [0.1, 0.15) is 0 Å². The Balaban J connectivity index is 2.16. The molecule has 0 saturated heterocycles. The molecule has 0 fully saturated rings. The molecule has 0 unspecified atom stereocenters. The number of methoxy groups -OCH3 is 2. The van der Waals surface area contributed by atoms with E-state index in [-0.39, 0.29) is 0 Å². The lowest BCUT2D eigenvalue weighted by atomic mass is 10.2. The highest BCUT2D eigenvalue weighted by Gasteiger charge is 2.04. The van der Waals surface area contributed by atoms with E-state index in [1.807, 2.05) is 6.07 Å². The summed E-state index contributed by atoms with van der Waals surface area (Å²) in [5.74, 6) is 0. The van der Waals surface area contributed by atoms with Crippen molar-refractivity contribution in [2.24, 2.45) is 0 Å². The Hall–Kier alpha value is -0.940. The van der Waals surface area contributed by atoms with Gasteiger partial charge in [-0.05, 0) is 12.0 Å². The van der Waals surface area contributed by atoms with E-state index in [9.17, 15) is 0 Å². The molecule has 0 aliphatic heterocycles. The van der Waals surface area contributed by atoms with E-state index in [0.717, 1.165) is 52.4 Å². The van der Waals surface area contributed by atoms with Crippen LogP contribution in [-0.2, 0) is 16.0 Å². The number of benzene rings is 1. The van der Waals surface area contributed by atoms with Gasteiger partial charge in [0.25, 0.3) is 0 Å². The third-order valence-electron chi connectivity index (χ3n) is 3.21. The van der Waals surface area contributed by atoms with Crippen LogP contribution in [0, 0.1) is 0 Å². The van der Waals surface area contributed by atoms with Crippen molar-refractivity contribution in [2.45, 2.75) is 13.0 Å². The predicted molar refractivity (Wildman–Crippen MR) is 83.0 cm³/mol. The number of rotatable bonds is 12. The van der Waals surface area contributed by atoms with Crippen molar-refractivity contribution >= 4 is 0 Å². The van der Waals surface area contributed by atoms with Crippen LogP contribution in [0.15, 0.2) is 30.3 Å². The van der Waals surface area contributed by atoms with E-state index in [0.29, 0.717) is 0 Å². The molecule has 0 aromatic heterocycles. The molecule has 1 rings (SSSR count). The minimum absolute atomic E-state index is 0.783. The third-order valence-corrected chi connectivity index (χ3v) is 3.21. The van der Waals surface area contributed by atoms with Gasteiger partial charge in [-0.3, -0.25) is 4.90 Å². The SMILES string of the molecule is COCCCN(CCNCc1ccccc1)CCOC. The molecule has 0 bridgehead atoms. The predicted octanol–water partition coefficient (Wildman–Crippen LogP) is 1.76. The molecular formula is C16H28N2O2. The maximum absolute atomic E-state index is 5.16. The first-order valence-electron chi connectivity index (χ1n) is 7.31. The quantitative estimate of drug-likeness (QED) is 0.592. The smallest absolute Gasteiger partial charge is 0.0589 e. The lowest BCUT2D eigenvalue weighted by molar-refractivity contribution is 0.133. The number of nitrogens with zero attached hydrogens (tertiary/aromatic N) is 1. The lowest BCUT2D eigenvalue weighted by Crippen LogP contribution is -2.35. The summed E-state index contributed by atoms with van der Waals surface area (Å²) in [6.07, 6.45) is 1.07. The van der Waals surface area contributed by atoms with Crippen LogP contribution in [0.2, 0.25) is 0 Å². The van der Waals surface area contributed by atoms with Crippen LogP contribution in [0.25, 0.3) is 0 Å². The zero-order valence-electron chi connectivity index (χ0n) is 12.8. The highest BCUT2D eigenvalue weighted by atomic mass is 16.5. The summed E-state index contributed by atoms with van der Waals surface area (Å²) in [5, 5.41) is 3.49. The van der Waals surface area contributed by atoms with Gasteiger partial charge in [0, 0.05) is 53.6 Å². The molecule has 0 atom stereocenters. The minimum Gasteiger partial charge on any atom is -0.385 e. The molecule has 0 amide bonds. The van der Waals surface area contributed by atoms with Gasteiger partial charge in [-0.2, -0.15) is 0 Å². The third kappa shape index (κ3) is 8.27. The van der Waals surface area contributed by atoms with Crippen LogP contribution in [0.5, 0.6) is 0 Å². The first-order chi connectivity index (χ1) is 9.86. The normalized spacial score (nSPS) is 11.2. The average molecular weight is 280 g/mol. The van der Waals surface area contributed by atoms with Crippen LogP contribution in [-0.4, -0.2) is 58.5 Å². The van der Waals surface area contributed by atoms with Gasteiger partial charge in [-0.25, -0.2) is 0 Å². The Morgan fingerprint density at radius 3 is 2.40 bits per heavy atom. The molecule has 0 heterocycles.